The second-order valence-electron chi connectivity index (χ2n) is 5.39. The van der Waals surface area contributed by atoms with Crippen molar-refractivity contribution in [2.45, 2.75) is 13.8 Å². The molecule has 122 valence electrons. The van der Waals surface area contributed by atoms with Crippen LogP contribution in [0, 0.1) is 6.92 Å². The number of nitrogens with one attached hydrogen (secondary N) is 1. The first kappa shape index (κ1) is 16.2. The van der Waals surface area contributed by atoms with Gasteiger partial charge in [-0.2, -0.15) is 0 Å². The van der Waals surface area contributed by atoms with Gasteiger partial charge in [-0.15, -0.1) is 0 Å². The summed E-state index contributed by atoms with van der Waals surface area (Å²) in [5.41, 5.74) is 3.19. The number of aryl methyl sites for hydroxylation is 1. The quantitative estimate of drug-likeness (QED) is 0.682. The second kappa shape index (κ2) is 6.84. The largest absolute Gasteiger partial charge is 0.492 e. The zero-order chi connectivity index (χ0) is 17.1. The smallest absolute Gasteiger partial charge is 0.281 e. The van der Waals surface area contributed by atoms with Crippen LogP contribution in [-0.4, -0.2) is 17.6 Å². The third kappa shape index (κ3) is 3.03. The van der Waals surface area contributed by atoms with Gasteiger partial charge in [0.05, 0.1) is 12.3 Å². The van der Waals surface area contributed by atoms with Crippen LogP contribution in [0.3, 0.4) is 0 Å². The number of rotatable bonds is 4. The summed E-state index contributed by atoms with van der Waals surface area (Å²) in [5.74, 6) is 0.449. The van der Waals surface area contributed by atoms with Crippen molar-refractivity contribution in [1.29, 1.82) is 0 Å². The summed E-state index contributed by atoms with van der Waals surface area (Å²) in [5, 5.41) is 3.36. The summed E-state index contributed by atoms with van der Waals surface area (Å²) in [6.45, 7) is 4.43. The first-order chi connectivity index (χ1) is 11.6. The Labute approximate surface area is 146 Å². The number of carbonyl (C=O) groups is 1. The molecule has 1 saturated heterocycles. The number of carbonyl (C=O) groups excluding carboxylic acids is 1. The van der Waals surface area contributed by atoms with Crippen LogP contribution in [0.5, 0.6) is 5.75 Å². The summed E-state index contributed by atoms with van der Waals surface area (Å²) >= 11 is 5.37. The van der Waals surface area contributed by atoms with E-state index >= 15 is 0 Å². The van der Waals surface area contributed by atoms with Crippen molar-refractivity contribution in [3.05, 3.63) is 65.4 Å². The topological polar surface area (TPSA) is 41.6 Å². The molecule has 0 spiro atoms. The van der Waals surface area contributed by atoms with Crippen LogP contribution in [-0.2, 0) is 4.79 Å². The molecule has 0 atom stereocenters. The average Bonchev–Trinajstić information content (AvgIpc) is 2.85. The maximum Gasteiger partial charge on any atom is 0.281 e. The van der Waals surface area contributed by atoms with E-state index in [1.54, 1.807) is 0 Å². The number of anilines is 1. The lowest BCUT2D eigenvalue weighted by atomic mass is 10.1. The minimum atomic E-state index is -0.185. The molecule has 1 amide bonds. The molecule has 1 heterocycles. The minimum absolute atomic E-state index is 0.185. The van der Waals surface area contributed by atoms with Crippen molar-refractivity contribution in [2.75, 3.05) is 11.5 Å². The van der Waals surface area contributed by atoms with Gasteiger partial charge < -0.3 is 10.1 Å². The SMILES string of the molecule is CCOc1ccccc1N1C(=O)/C(=C\c2ccccc2C)NC1=S. The highest BCUT2D eigenvalue weighted by Crippen LogP contribution is 2.31. The lowest BCUT2D eigenvalue weighted by Crippen LogP contribution is -2.30. The lowest BCUT2D eigenvalue weighted by molar-refractivity contribution is -0.113. The summed E-state index contributed by atoms with van der Waals surface area (Å²) in [6, 6.07) is 15.3. The Balaban J connectivity index is 1.97. The van der Waals surface area contributed by atoms with Gasteiger partial charge in [0.2, 0.25) is 0 Å². The Hall–Kier alpha value is -2.66. The van der Waals surface area contributed by atoms with E-state index in [0.29, 0.717) is 28.9 Å². The molecule has 1 aliphatic rings. The van der Waals surface area contributed by atoms with Gasteiger partial charge in [0.25, 0.3) is 5.91 Å². The van der Waals surface area contributed by atoms with Crippen molar-refractivity contribution in [3.8, 4) is 5.75 Å². The molecule has 0 aromatic heterocycles. The fourth-order valence-electron chi connectivity index (χ4n) is 2.58. The van der Waals surface area contributed by atoms with Gasteiger partial charge in [0.15, 0.2) is 5.11 Å². The molecular formula is C19H18N2O2S. The van der Waals surface area contributed by atoms with Crippen LogP contribution in [0.1, 0.15) is 18.1 Å². The number of hydrogen-bond acceptors (Lipinski definition) is 3. The van der Waals surface area contributed by atoms with E-state index < -0.39 is 0 Å². The Kier molecular flexibility index (Phi) is 4.62. The van der Waals surface area contributed by atoms with Gasteiger partial charge in [-0.1, -0.05) is 36.4 Å². The number of thiocarbonyl (C=S) groups is 1. The fraction of sp³-hybridized carbons (Fsp3) is 0.158. The summed E-state index contributed by atoms with van der Waals surface area (Å²) in [7, 11) is 0. The van der Waals surface area contributed by atoms with Crippen molar-refractivity contribution < 1.29 is 9.53 Å². The van der Waals surface area contributed by atoms with Gasteiger partial charge in [-0.05, 0) is 55.4 Å². The van der Waals surface area contributed by atoms with E-state index in [0.717, 1.165) is 11.1 Å². The maximum absolute atomic E-state index is 12.8. The third-order valence-electron chi connectivity index (χ3n) is 3.77. The summed E-state index contributed by atoms with van der Waals surface area (Å²) in [6.07, 6.45) is 1.83. The predicted molar refractivity (Wildman–Crippen MR) is 100.0 cm³/mol. The molecule has 2 aromatic carbocycles. The molecule has 24 heavy (non-hydrogen) atoms. The Morgan fingerprint density at radius 1 is 1.17 bits per heavy atom. The maximum atomic E-state index is 12.8. The van der Waals surface area contributed by atoms with E-state index in [1.165, 1.54) is 4.90 Å². The fourth-order valence-corrected chi connectivity index (χ4v) is 2.87. The molecule has 5 heteroatoms. The molecular weight excluding hydrogens is 320 g/mol. The highest BCUT2D eigenvalue weighted by molar-refractivity contribution is 7.80. The Bertz CT molecular complexity index is 830. The van der Waals surface area contributed by atoms with Crippen molar-refractivity contribution in [1.82, 2.24) is 5.32 Å². The van der Waals surface area contributed by atoms with Gasteiger partial charge >= 0.3 is 0 Å². The molecule has 4 nitrogen and oxygen atoms in total. The molecule has 0 saturated carbocycles. The number of nitrogens with zero attached hydrogens (tertiary/aromatic N) is 1. The van der Waals surface area contributed by atoms with E-state index in [9.17, 15) is 4.79 Å². The Morgan fingerprint density at radius 3 is 2.62 bits per heavy atom. The van der Waals surface area contributed by atoms with Gasteiger partial charge in [-0.25, -0.2) is 4.90 Å². The van der Waals surface area contributed by atoms with Crippen LogP contribution < -0.4 is 15.0 Å². The van der Waals surface area contributed by atoms with Crippen LogP contribution in [0.15, 0.2) is 54.2 Å². The first-order valence-corrected chi connectivity index (χ1v) is 8.17. The average molecular weight is 338 g/mol. The molecule has 0 unspecified atom stereocenters. The standard InChI is InChI=1S/C19H18N2O2S/c1-3-23-17-11-7-6-10-16(17)21-18(22)15(20-19(21)24)12-14-9-5-4-8-13(14)2/h4-12H,3H2,1-2H3,(H,20,24)/b15-12+. The second-order valence-corrected chi connectivity index (χ2v) is 5.77. The molecule has 0 radical (unpaired) electrons. The van der Waals surface area contributed by atoms with Gasteiger partial charge in [-0.3, -0.25) is 4.79 Å². The molecule has 3 rings (SSSR count). The molecule has 1 N–H and O–H groups in total. The summed E-state index contributed by atoms with van der Waals surface area (Å²) < 4.78 is 5.62. The van der Waals surface area contributed by atoms with Crippen molar-refractivity contribution in [3.63, 3.8) is 0 Å². The van der Waals surface area contributed by atoms with Gasteiger partial charge in [0.1, 0.15) is 11.4 Å². The van der Waals surface area contributed by atoms with E-state index in [1.807, 2.05) is 68.5 Å². The minimum Gasteiger partial charge on any atom is -0.492 e. The monoisotopic (exact) mass is 338 g/mol. The zero-order valence-corrected chi connectivity index (χ0v) is 14.4. The van der Waals surface area contributed by atoms with E-state index in [-0.39, 0.29) is 5.91 Å². The number of hydrogen-bond donors (Lipinski definition) is 1. The molecule has 2 aromatic rings. The van der Waals surface area contributed by atoms with E-state index in [4.69, 9.17) is 17.0 Å². The van der Waals surface area contributed by atoms with Crippen molar-refractivity contribution >= 4 is 35.0 Å². The molecule has 0 bridgehead atoms. The van der Waals surface area contributed by atoms with Crippen LogP contribution in [0.2, 0.25) is 0 Å². The van der Waals surface area contributed by atoms with Crippen LogP contribution >= 0.6 is 12.2 Å². The van der Waals surface area contributed by atoms with Crippen LogP contribution in [0.4, 0.5) is 5.69 Å². The molecule has 1 fully saturated rings. The third-order valence-corrected chi connectivity index (χ3v) is 4.06. The summed E-state index contributed by atoms with van der Waals surface area (Å²) in [4.78, 5) is 14.3. The lowest BCUT2D eigenvalue weighted by Gasteiger charge is -2.17. The highest BCUT2D eigenvalue weighted by atomic mass is 32.1. The number of para-hydroxylation sites is 2. The van der Waals surface area contributed by atoms with E-state index in [2.05, 4.69) is 5.32 Å². The van der Waals surface area contributed by atoms with Gasteiger partial charge in [0, 0.05) is 0 Å². The zero-order valence-electron chi connectivity index (χ0n) is 13.6. The number of amides is 1. The van der Waals surface area contributed by atoms with Crippen molar-refractivity contribution in [2.24, 2.45) is 0 Å². The normalized spacial score (nSPS) is 15.8. The molecule has 0 aliphatic carbocycles. The highest BCUT2D eigenvalue weighted by Gasteiger charge is 2.33. The molecule has 1 aliphatic heterocycles. The number of ether oxygens (including phenoxy) is 1. The van der Waals surface area contributed by atoms with Crippen LogP contribution in [0.25, 0.3) is 6.08 Å². The number of benzene rings is 2. The Morgan fingerprint density at radius 2 is 1.88 bits per heavy atom. The predicted octanol–water partition coefficient (Wildman–Crippen LogP) is 3.66. The first-order valence-electron chi connectivity index (χ1n) is 7.76.